The molecule has 2 rings (SSSR count). The molecule has 0 aromatic heterocycles. The zero-order valence-corrected chi connectivity index (χ0v) is 13.9. The molecule has 0 amide bonds. The lowest BCUT2D eigenvalue weighted by atomic mass is 10.0. The Kier molecular flexibility index (Phi) is 4.33. The minimum atomic E-state index is -3.60. The van der Waals surface area contributed by atoms with Crippen molar-refractivity contribution in [2.24, 2.45) is 0 Å². The predicted octanol–water partition coefficient (Wildman–Crippen LogP) is 2.04. The summed E-state index contributed by atoms with van der Waals surface area (Å²) in [5, 5.41) is 0. The van der Waals surface area contributed by atoms with Crippen LogP contribution in [0.5, 0.6) is 0 Å². The van der Waals surface area contributed by atoms with Gasteiger partial charge in [-0.1, -0.05) is 6.07 Å². The van der Waals surface area contributed by atoms with Crippen molar-refractivity contribution in [3.8, 4) is 0 Å². The Morgan fingerprint density at radius 2 is 2.00 bits per heavy atom. The molecule has 0 aliphatic carbocycles. The van der Waals surface area contributed by atoms with E-state index in [1.807, 2.05) is 19.9 Å². The van der Waals surface area contributed by atoms with Gasteiger partial charge >= 0.3 is 0 Å². The van der Waals surface area contributed by atoms with Crippen LogP contribution in [0.4, 0.5) is 5.69 Å². The predicted molar refractivity (Wildman–Crippen MR) is 83.8 cm³/mol. The van der Waals surface area contributed by atoms with Crippen LogP contribution in [0, 0.1) is 20.8 Å². The van der Waals surface area contributed by atoms with Crippen molar-refractivity contribution < 1.29 is 13.2 Å². The third-order valence-corrected chi connectivity index (χ3v) is 5.86. The SMILES string of the molecule is Cc1cc(C)c(S(=O)(=O)NCC2(C)CCCO2)c(C)c1N. The molecule has 1 aliphatic rings. The molecular weight excluding hydrogens is 288 g/mol. The van der Waals surface area contributed by atoms with E-state index in [4.69, 9.17) is 10.5 Å². The molecular formula is C15H24N2O3S. The summed E-state index contributed by atoms with van der Waals surface area (Å²) in [6.07, 6.45) is 1.83. The monoisotopic (exact) mass is 312 g/mol. The molecule has 1 aromatic carbocycles. The lowest BCUT2D eigenvalue weighted by Gasteiger charge is -2.24. The quantitative estimate of drug-likeness (QED) is 0.834. The fraction of sp³-hybridized carbons (Fsp3) is 0.600. The fourth-order valence-corrected chi connectivity index (χ4v) is 4.53. The molecule has 0 saturated carbocycles. The largest absolute Gasteiger partial charge is 0.398 e. The normalized spacial score (nSPS) is 22.7. The van der Waals surface area contributed by atoms with Crippen LogP contribution < -0.4 is 10.5 Å². The molecule has 1 atom stereocenters. The minimum absolute atomic E-state index is 0.280. The zero-order valence-electron chi connectivity index (χ0n) is 13.1. The Balaban J connectivity index is 2.30. The lowest BCUT2D eigenvalue weighted by Crippen LogP contribution is -2.40. The van der Waals surface area contributed by atoms with Crippen molar-refractivity contribution in [3.63, 3.8) is 0 Å². The van der Waals surface area contributed by atoms with Gasteiger partial charge in [0.1, 0.15) is 0 Å². The summed E-state index contributed by atoms with van der Waals surface area (Å²) in [5.74, 6) is 0. The first kappa shape index (κ1) is 16.3. The molecule has 1 aromatic rings. The average molecular weight is 312 g/mol. The van der Waals surface area contributed by atoms with Gasteiger partial charge in [0.05, 0.1) is 10.5 Å². The van der Waals surface area contributed by atoms with Crippen LogP contribution in [0.25, 0.3) is 0 Å². The molecule has 1 aliphatic heterocycles. The van der Waals surface area contributed by atoms with Gasteiger partial charge in [0.2, 0.25) is 10.0 Å². The number of nitrogens with one attached hydrogen (secondary N) is 1. The fourth-order valence-electron chi connectivity index (χ4n) is 2.89. The Labute approximate surface area is 126 Å². The second-order valence-electron chi connectivity index (χ2n) is 6.10. The zero-order chi connectivity index (χ0) is 15.8. The smallest absolute Gasteiger partial charge is 0.241 e. The molecule has 1 fully saturated rings. The van der Waals surface area contributed by atoms with E-state index in [1.54, 1.807) is 13.8 Å². The third-order valence-electron chi connectivity index (χ3n) is 4.17. The number of sulfonamides is 1. The molecule has 1 saturated heterocycles. The topological polar surface area (TPSA) is 81.4 Å². The van der Waals surface area contributed by atoms with Gasteiger partial charge in [-0.25, -0.2) is 13.1 Å². The van der Waals surface area contributed by atoms with E-state index in [0.29, 0.717) is 23.4 Å². The summed E-state index contributed by atoms with van der Waals surface area (Å²) < 4.78 is 33.5. The summed E-state index contributed by atoms with van der Waals surface area (Å²) in [7, 11) is -3.60. The molecule has 1 heterocycles. The number of nitrogen functional groups attached to an aromatic ring is 1. The molecule has 1 unspecified atom stereocenters. The maximum atomic E-state index is 12.6. The summed E-state index contributed by atoms with van der Waals surface area (Å²) in [4.78, 5) is 0.284. The Bertz CT molecular complexity index is 647. The molecule has 0 spiro atoms. The molecule has 5 nitrogen and oxygen atoms in total. The standard InChI is InChI=1S/C15H24N2O3S/c1-10-8-11(2)14(12(3)13(10)16)21(18,19)17-9-15(4)6-5-7-20-15/h8,17H,5-7,9,16H2,1-4H3. The van der Waals surface area contributed by atoms with Gasteiger partial charge in [0.15, 0.2) is 0 Å². The van der Waals surface area contributed by atoms with E-state index in [-0.39, 0.29) is 11.4 Å². The number of benzene rings is 1. The number of aryl methyl sites for hydroxylation is 2. The Hall–Kier alpha value is -1.11. The molecule has 6 heteroatoms. The first-order valence-electron chi connectivity index (χ1n) is 7.16. The molecule has 0 radical (unpaired) electrons. The number of nitrogens with two attached hydrogens (primary N) is 1. The van der Waals surface area contributed by atoms with Crippen LogP contribution in [0.15, 0.2) is 11.0 Å². The highest BCUT2D eigenvalue weighted by molar-refractivity contribution is 7.89. The highest BCUT2D eigenvalue weighted by Crippen LogP contribution is 2.29. The molecule has 0 bridgehead atoms. The summed E-state index contributed by atoms with van der Waals surface area (Å²) in [5.41, 5.74) is 8.31. The number of anilines is 1. The van der Waals surface area contributed by atoms with E-state index in [0.717, 1.165) is 18.4 Å². The number of ether oxygens (including phenoxy) is 1. The number of rotatable bonds is 4. The second-order valence-corrected chi connectivity index (χ2v) is 7.81. The highest BCUT2D eigenvalue weighted by atomic mass is 32.2. The van der Waals surface area contributed by atoms with Gasteiger partial charge in [0.25, 0.3) is 0 Å². The van der Waals surface area contributed by atoms with Crippen LogP contribution >= 0.6 is 0 Å². The van der Waals surface area contributed by atoms with Crippen molar-refractivity contribution in [3.05, 3.63) is 22.8 Å². The Morgan fingerprint density at radius 3 is 2.57 bits per heavy atom. The summed E-state index contributed by atoms with van der Waals surface area (Å²) in [6.45, 7) is 8.33. The van der Waals surface area contributed by atoms with Crippen LogP contribution in [0.3, 0.4) is 0 Å². The van der Waals surface area contributed by atoms with E-state index >= 15 is 0 Å². The first-order valence-corrected chi connectivity index (χ1v) is 8.64. The van der Waals surface area contributed by atoms with Gasteiger partial charge in [0, 0.05) is 18.8 Å². The van der Waals surface area contributed by atoms with Crippen LogP contribution in [-0.4, -0.2) is 27.2 Å². The van der Waals surface area contributed by atoms with E-state index in [2.05, 4.69) is 4.72 Å². The van der Waals surface area contributed by atoms with Crippen molar-refractivity contribution in [2.45, 2.75) is 51.0 Å². The lowest BCUT2D eigenvalue weighted by molar-refractivity contribution is 0.0250. The van der Waals surface area contributed by atoms with Crippen molar-refractivity contribution in [1.82, 2.24) is 4.72 Å². The van der Waals surface area contributed by atoms with Crippen LogP contribution in [0.2, 0.25) is 0 Å². The van der Waals surface area contributed by atoms with Crippen molar-refractivity contribution in [2.75, 3.05) is 18.9 Å². The van der Waals surface area contributed by atoms with Crippen LogP contribution in [-0.2, 0) is 14.8 Å². The first-order chi connectivity index (χ1) is 9.66. The molecule has 118 valence electrons. The van der Waals surface area contributed by atoms with E-state index in [1.165, 1.54) is 0 Å². The van der Waals surface area contributed by atoms with Gasteiger partial charge in [-0.15, -0.1) is 0 Å². The Morgan fingerprint density at radius 1 is 1.33 bits per heavy atom. The average Bonchev–Trinajstić information content (AvgIpc) is 2.81. The highest BCUT2D eigenvalue weighted by Gasteiger charge is 2.32. The molecule has 3 N–H and O–H groups in total. The maximum Gasteiger partial charge on any atom is 0.241 e. The second kappa shape index (κ2) is 5.59. The number of hydrogen-bond donors (Lipinski definition) is 2. The number of hydrogen-bond acceptors (Lipinski definition) is 4. The van der Waals surface area contributed by atoms with Gasteiger partial charge < -0.3 is 10.5 Å². The minimum Gasteiger partial charge on any atom is -0.398 e. The van der Waals surface area contributed by atoms with E-state index < -0.39 is 15.6 Å². The van der Waals surface area contributed by atoms with Crippen LogP contribution in [0.1, 0.15) is 36.5 Å². The van der Waals surface area contributed by atoms with E-state index in [9.17, 15) is 8.42 Å². The summed E-state index contributed by atoms with van der Waals surface area (Å²) in [6, 6.07) is 1.81. The van der Waals surface area contributed by atoms with Gasteiger partial charge in [-0.2, -0.15) is 0 Å². The molecule has 21 heavy (non-hydrogen) atoms. The van der Waals surface area contributed by atoms with Crippen molar-refractivity contribution >= 4 is 15.7 Å². The maximum absolute atomic E-state index is 12.6. The van der Waals surface area contributed by atoms with Gasteiger partial charge in [-0.3, -0.25) is 0 Å². The third kappa shape index (κ3) is 3.22. The van der Waals surface area contributed by atoms with Crippen molar-refractivity contribution in [1.29, 1.82) is 0 Å². The van der Waals surface area contributed by atoms with Gasteiger partial charge in [-0.05, 0) is 57.2 Å². The summed E-state index contributed by atoms with van der Waals surface area (Å²) >= 11 is 0.